The minimum absolute atomic E-state index is 0.127. The van der Waals surface area contributed by atoms with Gasteiger partial charge in [-0.2, -0.15) is 0 Å². The minimum atomic E-state index is -0.127. The van der Waals surface area contributed by atoms with Gasteiger partial charge in [0.2, 0.25) is 0 Å². The summed E-state index contributed by atoms with van der Waals surface area (Å²) in [5, 5.41) is 0. The van der Waals surface area contributed by atoms with Crippen molar-refractivity contribution in [1.82, 2.24) is 9.55 Å². The van der Waals surface area contributed by atoms with Crippen molar-refractivity contribution in [2.45, 2.75) is 24.8 Å². The second-order valence-electron chi connectivity index (χ2n) is 7.66. The maximum Gasteiger partial charge on any atom is 0.0969 e. The Hall–Kier alpha value is -2.91. The molecule has 1 fully saturated rings. The van der Waals surface area contributed by atoms with E-state index >= 15 is 0 Å². The van der Waals surface area contributed by atoms with Crippen LogP contribution in [0.15, 0.2) is 73.1 Å². The number of fused-ring (bicyclic) bond motifs is 1. The molecule has 3 aromatic carbocycles. The van der Waals surface area contributed by atoms with Crippen LogP contribution in [0, 0.1) is 0 Å². The highest BCUT2D eigenvalue weighted by molar-refractivity contribution is 6.01. The lowest BCUT2D eigenvalue weighted by Gasteiger charge is -2.38. The van der Waals surface area contributed by atoms with Crippen LogP contribution in [0.4, 0.5) is 0 Å². The molecule has 1 saturated carbocycles. The molecule has 3 nitrogen and oxygen atoms in total. The van der Waals surface area contributed by atoms with Gasteiger partial charge in [-0.15, -0.1) is 0 Å². The minimum Gasteiger partial charge on any atom is -0.334 e. The molecule has 1 aromatic heterocycles. The molecule has 27 heavy (non-hydrogen) atoms. The SMILES string of the molecule is Cn1cnc2c(-c3ccc(C4(N)CCC4)cc3)c(-c3ccccc3)ccc21. The first-order chi connectivity index (χ1) is 13.2. The van der Waals surface area contributed by atoms with Crippen LogP contribution in [0.3, 0.4) is 0 Å². The maximum absolute atomic E-state index is 6.51. The number of aryl methyl sites for hydroxylation is 1. The Morgan fingerprint density at radius 2 is 1.63 bits per heavy atom. The van der Waals surface area contributed by atoms with Crippen molar-refractivity contribution in [2.24, 2.45) is 12.8 Å². The zero-order valence-corrected chi connectivity index (χ0v) is 15.5. The van der Waals surface area contributed by atoms with E-state index in [9.17, 15) is 0 Å². The van der Waals surface area contributed by atoms with E-state index in [0.717, 1.165) is 23.9 Å². The third kappa shape index (κ3) is 2.58. The van der Waals surface area contributed by atoms with Crippen molar-refractivity contribution in [3.8, 4) is 22.3 Å². The van der Waals surface area contributed by atoms with Crippen molar-refractivity contribution in [1.29, 1.82) is 0 Å². The number of hydrogen-bond donors (Lipinski definition) is 1. The standard InChI is InChI=1S/C24H23N3/c1-27-16-26-23-21(27)13-12-20(17-6-3-2-4-7-17)22(23)18-8-10-19(11-9-18)24(25)14-5-15-24/h2-4,6-13,16H,5,14-15,25H2,1H3. The largest absolute Gasteiger partial charge is 0.334 e. The zero-order chi connectivity index (χ0) is 18.4. The number of rotatable bonds is 3. The first-order valence-corrected chi connectivity index (χ1v) is 9.55. The fourth-order valence-electron chi connectivity index (χ4n) is 4.17. The lowest BCUT2D eigenvalue weighted by atomic mass is 9.72. The fraction of sp³-hybridized carbons (Fsp3) is 0.208. The number of benzene rings is 3. The molecular formula is C24H23N3. The average molecular weight is 353 g/mol. The van der Waals surface area contributed by atoms with Crippen molar-refractivity contribution in [3.05, 3.63) is 78.6 Å². The molecule has 0 saturated heterocycles. The molecule has 0 atom stereocenters. The second kappa shape index (κ2) is 6.07. The molecule has 0 bridgehead atoms. The summed E-state index contributed by atoms with van der Waals surface area (Å²) in [6.45, 7) is 0. The molecule has 1 heterocycles. The molecule has 0 unspecified atom stereocenters. The first-order valence-electron chi connectivity index (χ1n) is 9.55. The molecule has 5 rings (SSSR count). The predicted molar refractivity (Wildman–Crippen MR) is 111 cm³/mol. The number of nitrogens with zero attached hydrogens (tertiary/aromatic N) is 2. The van der Waals surface area contributed by atoms with E-state index in [1.54, 1.807) is 0 Å². The van der Waals surface area contributed by atoms with Crippen molar-refractivity contribution < 1.29 is 0 Å². The third-order valence-electron chi connectivity index (χ3n) is 5.98. The molecule has 3 heteroatoms. The van der Waals surface area contributed by atoms with Gasteiger partial charge in [0, 0.05) is 18.2 Å². The molecule has 2 N–H and O–H groups in total. The van der Waals surface area contributed by atoms with Gasteiger partial charge in [0.05, 0.1) is 17.4 Å². The normalized spacial score (nSPS) is 15.6. The Morgan fingerprint density at radius 3 is 2.30 bits per heavy atom. The lowest BCUT2D eigenvalue weighted by molar-refractivity contribution is 0.253. The third-order valence-corrected chi connectivity index (χ3v) is 5.98. The average Bonchev–Trinajstić information content (AvgIpc) is 3.07. The summed E-state index contributed by atoms with van der Waals surface area (Å²) in [7, 11) is 2.04. The topological polar surface area (TPSA) is 43.8 Å². The Labute approximate surface area is 159 Å². The summed E-state index contributed by atoms with van der Waals surface area (Å²) in [6, 6.07) is 23.7. The van der Waals surface area contributed by atoms with E-state index in [2.05, 4.69) is 71.3 Å². The van der Waals surface area contributed by atoms with Gasteiger partial charge in [0.25, 0.3) is 0 Å². The predicted octanol–water partition coefficient (Wildman–Crippen LogP) is 5.25. The van der Waals surface area contributed by atoms with Gasteiger partial charge in [-0.1, -0.05) is 60.7 Å². The molecule has 134 valence electrons. The highest BCUT2D eigenvalue weighted by atomic mass is 15.0. The van der Waals surface area contributed by atoms with Crippen LogP contribution in [0.2, 0.25) is 0 Å². The van der Waals surface area contributed by atoms with Gasteiger partial charge in [-0.3, -0.25) is 0 Å². The maximum atomic E-state index is 6.51. The summed E-state index contributed by atoms with van der Waals surface area (Å²) < 4.78 is 2.07. The molecule has 1 aliphatic carbocycles. The zero-order valence-electron chi connectivity index (χ0n) is 15.5. The Morgan fingerprint density at radius 1 is 0.889 bits per heavy atom. The summed E-state index contributed by atoms with van der Waals surface area (Å²) in [4.78, 5) is 4.72. The molecule has 0 spiro atoms. The monoisotopic (exact) mass is 353 g/mol. The van der Waals surface area contributed by atoms with Gasteiger partial charge in [0.15, 0.2) is 0 Å². The molecule has 0 radical (unpaired) electrons. The van der Waals surface area contributed by atoms with Gasteiger partial charge in [0.1, 0.15) is 0 Å². The van der Waals surface area contributed by atoms with Crippen molar-refractivity contribution in [3.63, 3.8) is 0 Å². The van der Waals surface area contributed by atoms with Gasteiger partial charge >= 0.3 is 0 Å². The number of imidazole rings is 1. The van der Waals surface area contributed by atoms with Crippen LogP contribution < -0.4 is 5.73 Å². The van der Waals surface area contributed by atoms with Crippen LogP contribution in [-0.4, -0.2) is 9.55 Å². The van der Waals surface area contributed by atoms with E-state index in [4.69, 9.17) is 10.7 Å². The Balaban J connectivity index is 1.71. The summed E-state index contributed by atoms with van der Waals surface area (Å²) in [5.41, 5.74) is 14.6. The molecule has 1 aliphatic rings. The van der Waals surface area contributed by atoms with Gasteiger partial charge < -0.3 is 10.3 Å². The van der Waals surface area contributed by atoms with E-state index in [-0.39, 0.29) is 5.54 Å². The Bertz CT molecular complexity index is 1100. The van der Waals surface area contributed by atoms with Crippen molar-refractivity contribution in [2.75, 3.05) is 0 Å². The molecular weight excluding hydrogens is 330 g/mol. The summed E-state index contributed by atoms with van der Waals surface area (Å²) >= 11 is 0. The molecule has 4 aromatic rings. The summed E-state index contributed by atoms with van der Waals surface area (Å²) in [6.07, 6.45) is 5.28. The van der Waals surface area contributed by atoms with Gasteiger partial charge in [-0.05, 0) is 47.6 Å². The van der Waals surface area contributed by atoms with E-state index in [0.29, 0.717) is 0 Å². The quantitative estimate of drug-likeness (QED) is 0.547. The molecule has 0 amide bonds. The first kappa shape index (κ1) is 16.3. The van der Waals surface area contributed by atoms with E-state index in [1.165, 1.54) is 34.2 Å². The number of nitrogens with two attached hydrogens (primary N) is 1. The second-order valence-corrected chi connectivity index (χ2v) is 7.66. The van der Waals surface area contributed by atoms with Crippen molar-refractivity contribution >= 4 is 11.0 Å². The number of hydrogen-bond acceptors (Lipinski definition) is 2. The van der Waals surface area contributed by atoms with Crippen LogP contribution in [0.5, 0.6) is 0 Å². The highest BCUT2D eigenvalue weighted by Crippen LogP contribution is 2.41. The Kier molecular flexibility index (Phi) is 3.66. The van der Waals surface area contributed by atoms with E-state index < -0.39 is 0 Å². The van der Waals surface area contributed by atoms with Crippen LogP contribution in [0.25, 0.3) is 33.3 Å². The summed E-state index contributed by atoms with van der Waals surface area (Å²) in [5.74, 6) is 0. The highest BCUT2D eigenvalue weighted by Gasteiger charge is 2.34. The number of aromatic nitrogens is 2. The lowest BCUT2D eigenvalue weighted by Crippen LogP contribution is -2.43. The van der Waals surface area contributed by atoms with E-state index in [1.807, 2.05) is 13.4 Å². The van der Waals surface area contributed by atoms with Crippen LogP contribution in [0.1, 0.15) is 24.8 Å². The molecule has 0 aliphatic heterocycles. The smallest absolute Gasteiger partial charge is 0.0969 e. The van der Waals surface area contributed by atoms with Crippen LogP contribution >= 0.6 is 0 Å². The van der Waals surface area contributed by atoms with Crippen LogP contribution in [-0.2, 0) is 12.6 Å². The van der Waals surface area contributed by atoms with Gasteiger partial charge in [-0.25, -0.2) is 4.98 Å². The fourth-order valence-corrected chi connectivity index (χ4v) is 4.17.